The molecule has 1 rings (SSSR count). The van der Waals surface area contributed by atoms with Crippen LogP contribution in [0.5, 0.6) is 0 Å². The van der Waals surface area contributed by atoms with E-state index in [2.05, 4.69) is 20.6 Å². The molecular weight excluding hydrogens is 433 g/mol. The molecule has 142 valence electrons. The van der Waals surface area contributed by atoms with E-state index < -0.39 is 17.2 Å². The zero-order valence-electron chi connectivity index (χ0n) is 15.6. The van der Waals surface area contributed by atoms with E-state index >= 15 is 0 Å². The standard InChI is InChI=1S/C17H29N5O2.HI/c1-16(2,3)24-15(23)22-17(4,5)12-21-14(18)20-11-9-13-8-6-7-10-19-13;/h6-8,10H,9,11-12H2,1-5H3,(H,22,23)(H3,18,20,21);1H. The van der Waals surface area contributed by atoms with Crippen LogP contribution in [0.1, 0.15) is 40.3 Å². The number of nitrogens with zero attached hydrogens (tertiary/aromatic N) is 2. The van der Waals surface area contributed by atoms with E-state index in [1.165, 1.54) is 0 Å². The van der Waals surface area contributed by atoms with Crippen LogP contribution in [0.4, 0.5) is 4.79 Å². The second-order valence-electron chi connectivity index (χ2n) is 7.21. The van der Waals surface area contributed by atoms with E-state index in [9.17, 15) is 4.79 Å². The number of hydrogen-bond acceptors (Lipinski definition) is 4. The van der Waals surface area contributed by atoms with Crippen molar-refractivity contribution in [3.05, 3.63) is 30.1 Å². The Morgan fingerprint density at radius 2 is 1.96 bits per heavy atom. The minimum absolute atomic E-state index is 0. The summed E-state index contributed by atoms with van der Waals surface area (Å²) in [6.45, 7) is 10.2. The number of rotatable bonds is 6. The van der Waals surface area contributed by atoms with Gasteiger partial charge in [0.05, 0.1) is 12.1 Å². The second kappa shape index (κ2) is 10.4. The minimum atomic E-state index is -0.560. The summed E-state index contributed by atoms with van der Waals surface area (Å²) in [5.41, 5.74) is 5.75. The lowest BCUT2D eigenvalue weighted by molar-refractivity contribution is 0.0476. The maximum absolute atomic E-state index is 11.8. The van der Waals surface area contributed by atoms with Gasteiger partial charge < -0.3 is 21.1 Å². The Morgan fingerprint density at radius 1 is 1.28 bits per heavy atom. The monoisotopic (exact) mass is 463 g/mol. The van der Waals surface area contributed by atoms with Crippen LogP contribution in [-0.2, 0) is 11.2 Å². The smallest absolute Gasteiger partial charge is 0.408 e. The molecule has 0 saturated carbocycles. The number of nitrogens with two attached hydrogens (primary N) is 1. The van der Waals surface area contributed by atoms with Gasteiger partial charge in [-0.05, 0) is 46.8 Å². The zero-order valence-corrected chi connectivity index (χ0v) is 18.0. The lowest BCUT2D eigenvalue weighted by Crippen LogP contribution is -2.48. The van der Waals surface area contributed by atoms with E-state index in [1.807, 2.05) is 52.8 Å². The van der Waals surface area contributed by atoms with Gasteiger partial charge in [-0.25, -0.2) is 4.79 Å². The number of aromatic nitrogens is 1. The van der Waals surface area contributed by atoms with Crippen LogP contribution in [-0.4, -0.2) is 41.3 Å². The van der Waals surface area contributed by atoms with Gasteiger partial charge in [0.25, 0.3) is 0 Å². The quantitative estimate of drug-likeness (QED) is 0.342. The Balaban J connectivity index is 0.00000576. The first kappa shape index (κ1) is 23.4. The van der Waals surface area contributed by atoms with Crippen LogP contribution in [0.15, 0.2) is 29.4 Å². The highest BCUT2D eigenvalue weighted by atomic mass is 127. The van der Waals surface area contributed by atoms with E-state index in [0.717, 1.165) is 12.1 Å². The van der Waals surface area contributed by atoms with E-state index in [-0.39, 0.29) is 24.0 Å². The number of carbonyl (C=O) groups excluding carboxylic acids is 1. The molecule has 0 aliphatic rings. The van der Waals surface area contributed by atoms with E-state index in [4.69, 9.17) is 10.5 Å². The highest BCUT2D eigenvalue weighted by Gasteiger charge is 2.24. The molecule has 4 N–H and O–H groups in total. The lowest BCUT2D eigenvalue weighted by atomic mass is 10.1. The predicted octanol–water partition coefficient (Wildman–Crippen LogP) is 2.45. The van der Waals surface area contributed by atoms with Gasteiger partial charge in [0, 0.05) is 24.9 Å². The molecule has 25 heavy (non-hydrogen) atoms. The van der Waals surface area contributed by atoms with Crippen LogP contribution < -0.4 is 16.4 Å². The van der Waals surface area contributed by atoms with Crippen molar-refractivity contribution < 1.29 is 9.53 Å². The summed E-state index contributed by atoms with van der Waals surface area (Å²) in [6, 6.07) is 5.79. The molecule has 0 spiro atoms. The molecule has 0 aromatic carbocycles. The average Bonchev–Trinajstić information content (AvgIpc) is 2.44. The largest absolute Gasteiger partial charge is 0.444 e. The number of carbonyl (C=O) groups is 1. The Kier molecular flexibility index (Phi) is 9.76. The molecule has 0 aliphatic heterocycles. The summed E-state index contributed by atoms with van der Waals surface area (Å²) in [7, 11) is 0. The maximum Gasteiger partial charge on any atom is 0.408 e. The minimum Gasteiger partial charge on any atom is -0.444 e. The van der Waals surface area contributed by atoms with Gasteiger partial charge in [-0.1, -0.05) is 6.07 Å². The van der Waals surface area contributed by atoms with Gasteiger partial charge in [-0.3, -0.25) is 9.98 Å². The van der Waals surface area contributed by atoms with Gasteiger partial charge in [0.2, 0.25) is 0 Å². The van der Waals surface area contributed by atoms with Crippen molar-refractivity contribution in [3.8, 4) is 0 Å². The number of halogens is 1. The van der Waals surface area contributed by atoms with Crippen molar-refractivity contribution in [2.75, 3.05) is 13.1 Å². The third-order valence-corrected chi connectivity index (χ3v) is 2.90. The fourth-order valence-corrected chi connectivity index (χ4v) is 1.82. The first-order chi connectivity index (χ1) is 11.1. The van der Waals surface area contributed by atoms with Crippen molar-refractivity contribution in [1.82, 2.24) is 15.6 Å². The van der Waals surface area contributed by atoms with Crippen molar-refractivity contribution in [1.29, 1.82) is 0 Å². The molecule has 1 aromatic heterocycles. The molecule has 0 saturated heterocycles. The molecule has 1 heterocycles. The molecule has 0 fully saturated rings. The normalized spacial score (nSPS) is 12.1. The van der Waals surface area contributed by atoms with Crippen LogP contribution in [0.25, 0.3) is 0 Å². The van der Waals surface area contributed by atoms with E-state index in [1.54, 1.807) is 6.20 Å². The van der Waals surface area contributed by atoms with Crippen molar-refractivity contribution in [2.45, 2.75) is 52.2 Å². The van der Waals surface area contributed by atoms with Crippen molar-refractivity contribution >= 4 is 36.0 Å². The second-order valence-corrected chi connectivity index (χ2v) is 7.21. The number of pyridine rings is 1. The molecule has 0 bridgehead atoms. The summed E-state index contributed by atoms with van der Waals surface area (Å²) >= 11 is 0. The summed E-state index contributed by atoms with van der Waals surface area (Å²) in [5.74, 6) is 0.338. The molecule has 8 heteroatoms. The van der Waals surface area contributed by atoms with Crippen LogP contribution >= 0.6 is 24.0 Å². The van der Waals surface area contributed by atoms with Gasteiger partial charge in [0.15, 0.2) is 5.96 Å². The fraction of sp³-hybridized carbons (Fsp3) is 0.588. The van der Waals surface area contributed by atoms with Gasteiger partial charge in [-0.2, -0.15) is 0 Å². The van der Waals surface area contributed by atoms with Crippen LogP contribution in [0, 0.1) is 0 Å². The van der Waals surface area contributed by atoms with Crippen LogP contribution in [0.3, 0.4) is 0 Å². The summed E-state index contributed by atoms with van der Waals surface area (Å²) in [5, 5.41) is 5.83. The number of nitrogens with one attached hydrogen (secondary N) is 2. The lowest BCUT2D eigenvalue weighted by Gasteiger charge is -2.27. The first-order valence-corrected chi connectivity index (χ1v) is 8.02. The Hall–Kier alpha value is -1.58. The van der Waals surface area contributed by atoms with Crippen molar-refractivity contribution in [2.24, 2.45) is 10.7 Å². The molecule has 0 aliphatic carbocycles. The molecule has 7 nitrogen and oxygen atoms in total. The highest BCUT2D eigenvalue weighted by molar-refractivity contribution is 14.0. The molecule has 1 amide bonds. The third kappa shape index (κ3) is 11.6. The third-order valence-electron chi connectivity index (χ3n) is 2.90. The Labute approximate surface area is 167 Å². The van der Waals surface area contributed by atoms with E-state index in [0.29, 0.717) is 19.0 Å². The number of hydrogen-bond donors (Lipinski definition) is 3. The highest BCUT2D eigenvalue weighted by Crippen LogP contribution is 2.09. The maximum atomic E-state index is 11.8. The van der Waals surface area contributed by atoms with Gasteiger partial charge >= 0.3 is 6.09 Å². The number of alkyl carbamates (subject to hydrolysis) is 1. The number of aliphatic imine (C=N–C) groups is 1. The number of ether oxygens (including phenoxy) is 1. The zero-order chi connectivity index (χ0) is 18.2. The number of guanidine groups is 1. The molecular formula is C17H30IN5O2. The SMILES string of the molecule is CC(C)(CN=C(N)NCCc1ccccn1)NC(=O)OC(C)(C)C.I. The summed E-state index contributed by atoms with van der Waals surface area (Å²) < 4.78 is 5.24. The first-order valence-electron chi connectivity index (χ1n) is 8.02. The van der Waals surface area contributed by atoms with Gasteiger partial charge in [0.1, 0.15) is 5.60 Å². The molecule has 1 aromatic rings. The number of amides is 1. The Morgan fingerprint density at radius 3 is 2.52 bits per heavy atom. The van der Waals surface area contributed by atoms with Gasteiger partial charge in [-0.15, -0.1) is 24.0 Å². The summed E-state index contributed by atoms with van der Waals surface area (Å²) in [4.78, 5) is 20.3. The Bertz CT molecular complexity index is 556. The predicted molar refractivity (Wildman–Crippen MR) is 111 cm³/mol. The topological polar surface area (TPSA) is 102 Å². The van der Waals surface area contributed by atoms with Crippen molar-refractivity contribution in [3.63, 3.8) is 0 Å². The molecule has 0 atom stereocenters. The molecule has 0 unspecified atom stereocenters. The fourth-order valence-electron chi connectivity index (χ4n) is 1.82. The average molecular weight is 463 g/mol. The molecule has 0 radical (unpaired) electrons. The van der Waals surface area contributed by atoms with Crippen LogP contribution in [0.2, 0.25) is 0 Å². The summed E-state index contributed by atoms with van der Waals surface area (Å²) in [6.07, 6.45) is 2.05.